The molecule has 0 N–H and O–H groups in total. The topological polar surface area (TPSA) is 0 Å². The molecule has 0 aromatic rings. The first kappa shape index (κ1) is 22.4. The lowest BCUT2D eigenvalue weighted by Crippen LogP contribution is -2.50. The van der Waals surface area contributed by atoms with Gasteiger partial charge < -0.3 is 0 Å². The van der Waals surface area contributed by atoms with Gasteiger partial charge in [-0.2, -0.15) is 0 Å². The van der Waals surface area contributed by atoms with Crippen LogP contribution in [0.4, 0.5) is 0 Å². The molecule has 0 aromatic carbocycles. The standard InChI is InChI=1S/C31H52Si/c1-3-4-21-32(2,30-26-17-9-5-13-22(26)23-14-6-10-18-27(23)30)31-28-19-11-7-15-24(28)25-16-8-12-20-29(25)31/h3,22-31H,1,4-21H2,2H3/t22-,23-,24-,25-,26-,27-,28-,29-/m1/s1. The van der Waals surface area contributed by atoms with E-state index in [1.165, 1.54) is 17.5 Å². The van der Waals surface area contributed by atoms with Crippen LogP contribution in [0.1, 0.15) is 109 Å². The van der Waals surface area contributed by atoms with Crippen molar-refractivity contribution < 1.29 is 0 Å². The van der Waals surface area contributed by atoms with Crippen LogP contribution >= 0.6 is 0 Å². The summed E-state index contributed by atoms with van der Waals surface area (Å²) < 4.78 is 0. The average Bonchev–Trinajstić information content (AvgIpc) is 3.37. The van der Waals surface area contributed by atoms with E-state index in [0.29, 0.717) is 0 Å². The quantitative estimate of drug-likeness (QED) is 0.287. The van der Waals surface area contributed by atoms with E-state index in [2.05, 4.69) is 19.2 Å². The molecule has 0 bridgehead atoms. The van der Waals surface area contributed by atoms with E-state index in [9.17, 15) is 0 Å². The molecular formula is C31H52Si. The number of rotatable bonds is 5. The van der Waals surface area contributed by atoms with Gasteiger partial charge in [0, 0.05) is 0 Å². The molecule has 0 saturated heterocycles. The minimum atomic E-state index is -1.41. The van der Waals surface area contributed by atoms with Crippen molar-refractivity contribution in [3.63, 3.8) is 0 Å². The molecule has 0 nitrogen and oxygen atoms in total. The van der Waals surface area contributed by atoms with Crippen molar-refractivity contribution in [2.45, 2.75) is 133 Å². The lowest BCUT2D eigenvalue weighted by molar-refractivity contribution is 0.184. The summed E-state index contributed by atoms with van der Waals surface area (Å²) in [7, 11) is -1.41. The molecule has 0 spiro atoms. The van der Waals surface area contributed by atoms with E-state index in [-0.39, 0.29) is 0 Å². The van der Waals surface area contributed by atoms with Gasteiger partial charge in [-0.15, -0.1) is 6.58 Å². The van der Waals surface area contributed by atoms with Crippen molar-refractivity contribution >= 4 is 8.07 Å². The van der Waals surface area contributed by atoms with Crippen LogP contribution in [0.2, 0.25) is 23.7 Å². The molecule has 6 aliphatic carbocycles. The summed E-state index contributed by atoms with van der Waals surface area (Å²) in [6, 6.07) is 1.60. The van der Waals surface area contributed by atoms with Crippen LogP contribution in [-0.2, 0) is 0 Å². The van der Waals surface area contributed by atoms with E-state index < -0.39 is 8.07 Å². The van der Waals surface area contributed by atoms with Gasteiger partial charge in [0.25, 0.3) is 0 Å². The summed E-state index contributed by atoms with van der Waals surface area (Å²) in [4.78, 5) is 0. The Labute approximate surface area is 200 Å². The van der Waals surface area contributed by atoms with Gasteiger partial charge in [0.2, 0.25) is 0 Å². The van der Waals surface area contributed by atoms with E-state index >= 15 is 0 Å². The predicted octanol–water partition coefficient (Wildman–Crippen LogP) is 9.63. The van der Waals surface area contributed by atoms with Gasteiger partial charge in [-0.1, -0.05) is 95.7 Å². The Morgan fingerprint density at radius 1 is 0.531 bits per heavy atom. The number of allylic oxidation sites excluding steroid dienone is 1. The first-order chi connectivity index (χ1) is 15.7. The Hall–Kier alpha value is -0.0431. The SMILES string of the molecule is C=CCC[Si](C)(C1[C@@H]2CCCC[C@@H]2[C@H]2CCCC[C@@H]12)C1[C@@H]2CCCC[C@@H]2[C@H]2CCCC[C@@H]12. The third-order valence-corrected chi connectivity index (χ3v) is 19.0. The Morgan fingerprint density at radius 3 is 1.09 bits per heavy atom. The van der Waals surface area contributed by atoms with Gasteiger partial charge in [0.05, 0.1) is 8.07 Å². The van der Waals surface area contributed by atoms with Crippen LogP contribution in [0.5, 0.6) is 0 Å². The van der Waals surface area contributed by atoms with E-state index in [1.807, 2.05) is 0 Å². The van der Waals surface area contributed by atoms with Crippen LogP contribution in [0.15, 0.2) is 12.7 Å². The fourth-order valence-corrected chi connectivity index (χ4v) is 19.7. The van der Waals surface area contributed by atoms with Crippen molar-refractivity contribution in [3.05, 3.63) is 12.7 Å². The highest BCUT2D eigenvalue weighted by atomic mass is 28.3. The van der Waals surface area contributed by atoms with Gasteiger partial charge >= 0.3 is 0 Å². The lowest BCUT2D eigenvalue weighted by atomic mass is 9.73. The van der Waals surface area contributed by atoms with E-state index in [0.717, 1.165) is 47.3 Å². The van der Waals surface area contributed by atoms with Gasteiger partial charge in [-0.3, -0.25) is 0 Å². The Morgan fingerprint density at radius 2 is 0.812 bits per heavy atom. The molecule has 6 rings (SSSR count). The molecule has 32 heavy (non-hydrogen) atoms. The number of hydrogen-bond acceptors (Lipinski definition) is 0. The monoisotopic (exact) mass is 452 g/mol. The third kappa shape index (κ3) is 3.48. The Bertz CT molecular complexity index is 575. The molecule has 180 valence electrons. The highest BCUT2D eigenvalue weighted by molar-refractivity contribution is 6.81. The fourth-order valence-electron chi connectivity index (χ4n) is 12.2. The predicted molar refractivity (Wildman–Crippen MR) is 141 cm³/mol. The lowest BCUT2D eigenvalue weighted by Gasteiger charge is -2.51. The van der Waals surface area contributed by atoms with Crippen LogP contribution < -0.4 is 0 Å². The smallest absolute Gasteiger partial charge is 0.0581 e. The van der Waals surface area contributed by atoms with Crippen LogP contribution in [0.3, 0.4) is 0 Å². The van der Waals surface area contributed by atoms with Gasteiger partial charge in [0.15, 0.2) is 0 Å². The largest absolute Gasteiger partial charge is 0.103 e. The van der Waals surface area contributed by atoms with Crippen molar-refractivity contribution in [2.75, 3.05) is 0 Å². The minimum Gasteiger partial charge on any atom is -0.103 e. The first-order valence-electron chi connectivity index (χ1n) is 15.3. The first-order valence-corrected chi connectivity index (χ1v) is 18.2. The molecule has 0 radical (unpaired) electrons. The molecular weight excluding hydrogens is 400 g/mol. The summed E-state index contributed by atoms with van der Waals surface area (Å²) in [5.41, 5.74) is 2.37. The molecule has 6 fully saturated rings. The molecule has 0 heterocycles. The van der Waals surface area contributed by atoms with Crippen molar-refractivity contribution in [2.24, 2.45) is 47.3 Å². The summed E-state index contributed by atoms with van der Waals surface area (Å²) in [5.74, 6) is 9.12. The van der Waals surface area contributed by atoms with Crippen LogP contribution in [-0.4, -0.2) is 8.07 Å². The second-order valence-corrected chi connectivity index (χ2v) is 18.7. The zero-order valence-corrected chi connectivity index (χ0v) is 22.3. The van der Waals surface area contributed by atoms with E-state index in [4.69, 9.17) is 0 Å². The second-order valence-electron chi connectivity index (χ2n) is 13.8. The van der Waals surface area contributed by atoms with Crippen molar-refractivity contribution in [1.29, 1.82) is 0 Å². The highest BCUT2D eigenvalue weighted by Gasteiger charge is 2.64. The average molecular weight is 453 g/mol. The van der Waals surface area contributed by atoms with Gasteiger partial charge in [-0.25, -0.2) is 0 Å². The normalized spacial score (nSPS) is 49.9. The maximum Gasteiger partial charge on any atom is 0.0581 e. The molecule has 6 saturated carbocycles. The minimum absolute atomic E-state index is 1.14. The van der Waals surface area contributed by atoms with Crippen LogP contribution in [0, 0.1) is 47.3 Å². The molecule has 8 atom stereocenters. The van der Waals surface area contributed by atoms with Gasteiger partial charge in [0.1, 0.15) is 0 Å². The summed E-state index contributed by atoms with van der Waals surface area (Å²) in [5, 5.41) is 0. The Kier molecular flexibility index (Phi) is 6.45. The fraction of sp³-hybridized carbons (Fsp3) is 0.935. The molecule has 0 amide bonds. The molecule has 0 aromatic heterocycles. The Balaban J connectivity index is 1.41. The maximum atomic E-state index is 4.27. The molecule has 0 unspecified atom stereocenters. The zero-order valence-electron chi connectivity index (χ0n) is 21.3. The van der Waals surface area contributed by atoms with Crippen molar-refractivity contribution in [3.8, 4) is 0 Å². The molecule has 1 heteroatoms. The number of hydrogen-bond donors (Lipinski definition) is 0. The molecule has 6 aliphatic rings. The molecule has 0 aliphatic heterocycles. The second kappa shape index (κ2) is 9.20. The zero-order chi connectivity index (χ0) is 21.7. The third-order valence-electron chi connectivity index (χ3n) is 12.9. The number of fused-ring (bicyclic) bond motifs is 6. The summed E-state index contributed by atoms with van der Waals surface area (Å²) in [6.45, 7) is 7.30. The van der Waals surface area contributed by atoms with Crippen LogP contribution in [0.25, 0.3) is 0 Å². The summed E-state index contributed by atoms with van der Waals surface area (Å²) >= 11 is 0. The highest BCUT2D eigenvalue weighted by Crippen LogP contribution is 2.71. The van der Waals surface area contributed by atoms with Crippen molar-refractivity contribution in [1.82, 2.24) is 0 Å². The summed E-state index contributed by atoms with van der Waals surface area (Å²) in [6.07, 6.45) is 29.0. The maximum absolute atomic E-state index is 4.27. The van der Waals surface area contributed by atoms with Gasteiger partial charge in [-0.05, 0) is 90.5 Å². The van der Waals surface area contributed by atoms with E-state index in [1.54, 1.807) is 109 Å².